The van der Waals surface area contributed by atoms with E-state index in [4.69, 9.17) is 5.73 Å². The highest BCUT2D eigenvalue weighted by Crippen LogP contribution is 2.30. The van der Waals surface area contributed by atoms with Gasteiger partial charge in [0.1, 0.15) is 5.82 Å². The molecule has 24 heavy (non-hydrogen) atoms. The van der Waals surface area contributed by atoms with Crippen molar-refractivity contribution < 1.29 is 9.18 Å². The van der Waals surface area contributed by atoms with Gasteiger partial charge in [-0.3, -0.25) is 4.79 Å². The van der Waals surface area contributed by atoms with Gasteiger partial charge in [0.05, 0.1) is 23.1 Å². The van der Waals surface area contributed by atoms with Crippen LogP contribution in [0.5, 0.6) is 0 Å². The van der Waals surface area contributed by atoms with Crippen LogP contribution in [-0.4, -0.2) is 40.2 Å². The molecule has 1 aromatic heterocycles. The molecule has 2 aromatic rings. The lowest BCUT2D eigenvalue weighted by Gasteiger charge is -2.22. The van der Waals surface area contributed by atoms with Crippen molar-refractivity contribution in [1.82, 2.24) is 14.7 Å². The second-order valence-corrected chi connectivity index (χ2v) is 6.52. The number of rotatable bonds is 3. The topological polar surface area (TPSA) is 64.2 Å². The van der Waals surface area contributed by atoms with Gasteiger partial charge in [-0.05, 0) is 49.6 Å². The summed E-state index contributed by atoms with van der Waals surface area (Å²) < 4.78 is 14.7. The van der Waals surface area contributed by atoms with Crippen LogP contribution in [0, 0.1) is 18.2 Å². The Morgan fingerprint density at radius 3 is 2.62 bits per heavy atom. The third kappa shape index (κ3) is 3.30. The van der Waals surface area contributed by atoms with Crippen molar-refractivity contribution in [3.05, 3.63) is 47.5 Å². The van der Waals surface area contributed by atoms with Crippen molar-refractivity contribution >= 4 is 18.3 Å². The first-order valence-corrected chi connectivity index (χ1v) is 7.73. The number of nitrogens with two attached hydrogens (primary N) is 1. The fourth-order valence-corrected chi connectivity index (χ4v) is 3.00. The van der Waals surface area contributed by atoms with Gasteiger partial charge in [0.25, 0.3) is 5.91 Å². The second-order valence-electron chi connectivity index (χ2n) is 6.52. The highest BCUT2D eigenvalue weighted by molar-refractivity contribution is 5.95. The molecule has 7 heteroatoms. The van der Waals surface area contributed by atoms with Gasteiger partial charge in [-0.2, -0.15) is 5.10 Å². The first-order valence-electron chi connectivity index (χ1n) is 7.73. The van der Waals surface area contributed by atoms with Crippen molar-refractivity contribution in [3.63, 3.8) is 0 Å². The number of carbonyl (C=O) groups excluding carboxylic acids is 1. The minimum absolute atomic E-state index is 0. The van der Waals surface area contributed by atoms with E-state index in [1.165, 1.54) is 12.1 Å². The van der Waals surface area contributed by atoms with E-state index >= 15 is 0 Å². The molecule has 1 aliphatic heterocycles. The number of halogens is 2. The van der Waals surface area contributed by atoms with Gasteiger partial charge in [-0.25, -0.2) is 9.07 Å². The number of benzene rings is 1. The van der Waals surface area contributed by atoms with Crippen LogP contribution in [0.3, 0.4) is 0 Å². The van der Waals surface area contributed by atoms with Crippen molar-refractivity contribution in [1.29, 1.82) is 0 Å². The first-order chi connectivity index (χ1) is 10.9. The molecule has 1 aromatic carbocycles. The zero-order valence-electron chi connectivity index (χ0n) is 13.8. The Bertz CT molecular complexity index is 731. The van der Waals surface area contributed by atoms with Crippen LogP contribution in [0.25, 0.3) is 5.69 Å². The number of hydrogen-bond acceptors (Lipinski definition) is 3. The average molecular weight is 353 g/mol. The molecule has 0 spiro atoms. The van der Waals surface area contributed by atoms with E-state index in [0.29, 0.717) is 25.2 Å². The monoisotopic (exact) mass is 352 g/mol. The highest BCUT2D eigenvalue weighted by Gasteiger charge is 2.36. The maximum absolute atomic E-state index is 13.0. The van der Waals surface area contributed by atoms with Crippen molar-refractivity contribution in [2.45, 2.75) is 20.3 Å². The largest absolute Gasteiger partial charge is 0.338 e. The molecule has 0 radical (unpaired) electrons. The summed E-state index contributed by atoms with van der Waals surface area (Å²) in [6, 6.07) is 6.05. The minimum Gasteiger partial charge on any atom is -0.338 e. The Balaban J connectivity index is 0.00000208. The van der Waals surface area contributed by atoms with Gasteiger partial charge >= 0.3 is 0 Å². The van der Waals surface area contributed by atoms with Crippen LogP contribution in [0.1, 0.15) is 29.4 Å². The van der Waals surface area contributed by atoms with Crippen molar-refractivity contribution in [2.75, 3.05) is 19.6 Å². The summed E-state index contributed by atoms with van der Waals surface area (Å²) in [5.74, 6) is -0.318. The third-order valence-corrected chi connectivity index (χ3v) is 4.65. The number of likely N-dealkylation sites (tertiary alicyclic amines) is 1. The molecular weight excluding hydrogens is 331 g/mol. The number of carbonyl (C=O) groups is 1. The number of nitrogens with zero attached hydrogens (tertiary/aromatic N) is 3. The maximum Gasteiger partial charge on any atom is 0.257 e. The molecule has 3 rings (SSSR count). The molecule has 0 aliphatic carbocycles. The predicted molar refractivity (Wildman–Crippen MR) is 93.2 cm³/mol. The molecule has 1 amide bonds. The van der Waals surface area contributed by atoms with Gasteiger partial charge in [-0.1, -0.05) is 6.92 Å². The molecule has 2 heterocycles. The highest BCUT2D eigenvalue weighted by atomic mass is 35.5. The number of aromatic nitrogens is 2. The molecule has 2 N–H and O–H groups in total. The van der Waals surface area contributed by atoms with Gasteiger partial charge in [0, 0.05) is 13.1 Å². The molecule has 0 bridgehead atoms. The average Bonchev–Trinajstić information content (AvgIpc) is 3.12. The molecule has 1 unspecified atom stereocenters. The zero-order valence-corrected chi connectivity index (χ0v) is 14.6. The van der Waals surface area contributed by atoms with Crippen LogP contribution in [0.2, 0.25) is 0 Å². The van der Waals surface area contributed by atoms with E-state index in [1.54, 1.807) is 23.0 Å². The van der Waals surface area contributed by atoms with Crippen LogP contribution in [0.4, 0.5) is 4.39 Å². The minimum atomic E-state index is -0.298. The molecule has 130 valence electrons. The van der Waals surface area contributed by atoms with E-state index in [-0.39, 0.29) is 29.5 Å². The van der Waals surface area contributed by atoms with Crippen LogP contribution in [-0.2, 0) is 0 Å². The summed E-state index contributed by atoms with van der Waals surface area (Å²) in [7, 11) is 0. The Labute approximate surface area is 147 Å². The third-order valence-electron chi connectivity index (χ3n) is 4.65. The lowest BCUT2D eigenvalue weighted by atomic mass is 9.90. The van der Waals surface area contributed by atoms with Crippen molar-refractivity contribution in [2.24, 2.45) is 11.1 Å². The molecule has 0 saturated carbocycles. The second kappa shape index (κ2) is 6.91. The summed E-state index contributed by atoms with van der Waals surface area (Å²) in [4.78, 5) is 14.6. The summed E-state index contributed by atoms with van der Waals surface area (Å²) in [6.45, 7) is 5.92. The van der Waals surface area contributed by atoms with E-state index in [2.05, 4.69) is 12.0 Å². The van der Waals surface area contributed by atoms with E-state index in [9.17, 15) is 9.18 Å². The zero-order chi connectivity index (χ0) is 16.6. The fraction of sp³-hybridized carbons (Fsp3) is 0.412. The van der Waals surface area contributed by atoms with Gasteiger partial charge in [0.15, 0.2) is 0 Å². The summed E-state index contributed by atoms with van der Waals surface area (Å²) in [6.07, 6.45) is 2.50. The Kier molecular flexibility index (Phi) is 5.30. The summed E-state index contributed by atoms with van der Waals surface area (Å²) in [5, 5.41) is 4.29. The molecule has 1 saturated heterocycles. The SMILES string of the molecule is Cc1c(C(=O)N2CCC(C)(CN)C2)cnn1-c1ccc(F)cc1.Cl. The summed E-state index contributed by atoms with van der Waals surface area (Å²) >= 11 is 0. The first kappa shape index (κ1) is 18.4. The van der Waals surface area contributed by atoms with Crippen LogP contribution < -0.4 is 5.73 Å². The Morgan fingerprint density at radius 1 is 1.38 bits per heavy atom. The molecule has 5 nitrogen and oxygen atoms in total. The maximum atomic E-state index is 13.0. The van der Waals surface area contributed by atoms with Gasteiger partial charge in [0.2, 0.25) is 0 Å². The lowest BCUT2D eigenvalue weighted by Crippen LogP contribution is -2.34. The van der Waals surface area contributed by atoms with E-state index in [0.717, 1.165) is 17.8 Å². The smallest absolute Gasteiger partial charge is 0.257 e. The van der Waals surface area contributed by atoms with Crippen molar-refractivity contribution in [3.8, 4) is 5.69 Å². The van der Waals surface area contributed by atoms with E-state index in [1.807, 2.05) is 11.8 Å². The molecule has 1 atom stereocenters. The quantitative estimate of drug-likeness (QED) is 0.923. The lowest BCUT2D eigenvalue weighted by molar-refractivity contribution is 0.0776. The molecule has 1 aliphatic rings. The van der Waals surface area contributed by atoms with Gasteiger partial charge < -0.3 is 10.6 Å². The molecule has 1 fully saturated rings. The van der Waals surface area contributed by atoms with E-state index < -0.39 is 0 Å². The number of amides is 1. The molecular formula is C17H22ClFN4O. The number of hydrogen-bond donors (Lipinski definition) is 1. The Hall–Kier alpha value is -1.92. The predicted octanol–water partition coefficient (Wildman–Crippen LogP) is 2.55. The van der Waals surface area contributed by atoms with Gasteiger partial charge in [-0.15, -0.1) is 12.4 Å². The fourth-order valence-electron chi connectivity index (χ4n) is 3.00. The van der Waals surface area contributed by atoms with Crippen LogP contribution >= 0.6 is 12.4 Å². The standard InChI is InChI=1S/C17H21FN4O.ClH/c1-12-15(16(23)21-8-7-17(2,10-19)11-21)9-20-22(12)14-5-3-13(18)4-6-14;/h3-6,9H,7-8,10-11,19H2,1-2H3;1H. The van der Waals surface area contributed by atoms with Crippen LogP contribution in [0.15, 0.2) is 30.5 Å². The summed E-state index contributed by atoms with van der Waals surface area (Å²) in [5.41, 5.74) is 7.87. The Morgan fingerprint density at radius 2 is 2.04 bits per heavy atom. The normalized spacial score (nSPS) is 20.1.